The fourth-order valence-electron chi connectivity index (χ4n) is 2.55. The Labute approximate surface area is 138 Å². The predicted octanol–water partition coefficient (Wildman–Crippen LogP) is 2.29. The minimum absolute atomic E-state index is 0.155. The zero-order valence-corrected chi connectivity index (χ0v) is 13.5. The lowest BCUT2D eigenvalue weighted by atomic mass is 9.79. The number of aliphatic hydroxyl groups is 1. The molecule has 23 heavy (non-hydrogen) atoms. The van der Waals surface area contributed by atoms with E-state index in [2.05, 4.69) is 10.1 Å². The average Bonchev–Trinajstić information content (AvgIpc) is 3.04. The first-order chi connectivity index (χ1) is 10.9. The van der Waals surface area contributed by atoms with Gasteiger partial charge in [-0.25, -0.2) is 4.98 Å². The summed E-state index contributed by atoms with van der Waals surface area (Å²) in [5.74, 6) is 0. The number of aromatic nitrogens is 2. The van der Waals surface area contributed by atoms with Gasteiger partial charge in [-0.2, -0.15) is 0 Å². The SMILES string of the molecule is CC1(C)ON=C(c2ccc(Cl)cc2)C1(O)Cn1cnc(C=O)c1. The van der Waals surface area contributed by atoms with Gasteiger partial charge in [0.25, 0.3) is 0 Å². The van der Waals surface area contributed by atoms with Crippen LogP contribution in [0.4, 0.5) is 0 Å². The van der Waals surface area contributed by atoms with Gasteiger partial charge >= 0.3 is 0 Å². The van der Waals surface area contributed by atoms with Crippen molar-refractivity contribution in [2.45, 2.75) is 31.6 Å². The summed E-state index contributed by atoms with van der Waals surface area (Å²) >= 11 is 5.91. The van der Waals surface area contributed by atoms with Crippen LogP contribution in [-0.4, -0.2) is 37.9 Å². The Morgan fingerprint density at radius 3 is 2.65 bits per heavy atom. The van der Waals surface area contributed by atoms with Crippen LogP contribution in [0.5, 0.6) is 0 Å². The van der Waals surface area contributed by atoms with Crippen LogP contribution in [0.2, 0.25) is 5.02 Å². The molecule has 1 aliphatic rings. The smallest absolute Gasteiger partial charge is 0.170 e. The van der Waals surface area contributed by atoms with Crippen LogP contribution in [0, 0.1) is 0 Å². The lowest BCUT2D eigenvalue weighted by Gasteiger charge is -2.34. The number of carbonyl (C=O) groups is 1. The Kier molecular flexibility index (Phi) is 3.74. The van der Waals surface area contributed by atoms with Gasteiger partial charge in [0.1, 0.15) is 11.4 Å². The molecule has 2 heterocycles. The summed E-state index contributed by atoms with van der Waals surface area (Å²) in [4.78, 5) is 20.2. The van der Waals surface area contributed by atoms with Gasteiger partial charge in [-0.05, 0) is 26.0 Å². The van der Waals surface area contributed by atoms with Crippen molar-refractivity contribution < 1.29 is 14.7 Å². The zero-order chi connectivity index (χ0) is 16.7. The first kappa shape index (κ1) is 15.7. The summed E-state index contributed by atoms with van der Waals surface area (Å²) < 4.78 is 1.64. The van der Waals surface area contributed by atoms with Gasteiger partial charge in [0, 0.05) is 16.8 Å². The van der Waals surface area contributed by atoms with Gasteiger partial charge in [-0.3, -0.25) is 4.79 Å². The van der Waals surface area contributed by atoms with Crippen molar-refractivity contribution in [3.05, 3.63) is 53.1 Å². The normalized spacial score (nSPS) is 22.5. The Balaban J connectivity index is 1.98. The van der Waals surface area contributed by atoms with E-state index in [0.29, 0.717) is 22.7 Å². The number of hydrogen-bond donors (Lipinski definition) is 1. The molecule has 7 heteroatoms. The molecule has 0 saturated carbocycles. The predicted molar refractivity (Wildman–Crippen MR) is 85.7 cm³/mol. The molecule has 0 spiro atoms. The fourth-order valence-corrected chi connectivity index (χ4v) is 2.68. The molecular formula is C16H16ClN3O3. The summed E-state index contributed by atoms with van der Waals surface area (Å²) in [6.45, 7) is 3.68. The van der Waals surface area contributed by atoms with Crippen LogP contribution in [0.15, 0.2) is 41.9 Å². The maximum atomic E-state index is 11.3. The summed E-state index contributed by atoms with van der Waals surface area (Å²) in [6, 6.07) is 7.02. The topological polar surface area (TPSA) is 76.7 Å². The van der Waals surface area contributed by atoms with Gasteiger partial charge in [0.05, 0.1) is 12.9 Å². The highest BCUT2D eigenvalue weighted by molar-refractivity contribution is 6.30. The molecule has 1 unspecified atom stereocenters. The van der Waals surface area contributed by atoms with Crippen molar-refractivity contribution in [2.24, 2.45) is 5.16 Å². The Bertz CT molecular complexity index is 767. The molecule has 0 bridgehead atoms. The van der Waals surface area contributed by atoms with Crippen molar-refractivity contribution in [3.63, 3.8) is 0 Å². The number of hydrogen-bond acceptors (Lipinski definition) is 5. The first-order valence-electron chi connectivity index (χ1n) is 7.08. The molecule has 6 nitrogen and oxygen atoms in total. The number of imidazole rings is 1. The molecule has 120 valence electrons. The molecule has 1 aromatic carbocycles. The lowest BCUT2D eigenvalue weighted by molar-refractivity contribution is -0.109. The molecular weight excluding hydrogens is 318 g/mol. The number of benzene rings is 1. The molecule has 3 rings (SSSR count). The standard InChI is InChI=1S/C16H16ClN3O3/c1-15(2)16(22,9-20-7-13(8-21)18-10-20)14(19-23-15)11-3-5-12(17)6-4-11/h3-8,10,22H,9H2,1-2H3. The van der Waals surface area contributed by atoms with E-state index < -0.39 is 11.2 Å². The quantitative estimate of drug-likeness (QED) is 0.871. The highest BCUT2D eigenvalue weighted by Gasteiger charge is 2.55. The number of oxime groups is 1. The zero-order valence-electron chi connectivity index (χ0n) is 12.7. The third-order valence-electron chi connectivity index (χ3n) is 4.06. The first-order valence-corrected chi connectivity index (χ1v) is 7.45. The van der Waals surface area contributed by atoms with Gasteiger partial charge in [-0.1, -0.05) is 28.9 Å². The van der Waals surface area contributed by atoms with E-state index in [0.717, 1.165) is 5.56 Å². The van der Waals surface area contributed by atoms with E-state index >= 15 is 0 Å². The van der Waals surface area contributed by atoms with Crippen molar-refractivity contribution in [1.82, 2.24) is 9.55 Å². The van der Waals surface area contributed by atoms with Crippen molar-refractivity contribution >= 4 is 23.6 Å². The molecule has 1 aliphatic heterocycles. The molecule has 0 saturated heterocycles. The number of halogens is 1. The second kappa shape index (κ2) is 5.47. The molecule has 1 atom stereocenters. The largest absolute Gasteiger partial charge is 0.386 e. The Hall–Kier alpha value is -2.18. The maximum absolute atomic E-state index is 11.3. The third-order valence-corrected chi connectivity index (χ3v) is 4.31. The van der Waals surface area contributed by atoms with Gasteiger partial charge < -0.3 is 14.5 Å². The summed E-state index contributed by atoms with van der Waals surface area (Å²) in [5, 5.41) is 16.0. The van der Waals surface area contributed by atoms with Crippen LogP contribution in [-0.2, 0) is 11.4 Å². The van der Waals surface area contributed by atoms with Crippen molar-refractivity contribution in [3.8, 4) is 0 Å². The van der Waals surface area contributed by atoms with Crippen LogP contribution in [0.1, 0.15) is 29.9 Å². The maximum Gasteiger partial charge on any atom is 0.170 e. The Morgan fingerprint density at radius 2 is 2.04 bits per heavy atom. The average molecular weight is 334 g/mol. The second-order valence-corrected chi connectivity index (χ2v) is 6.43. The molecule has 1 N–H and O–H groups in total. The van der Waals surface area contributed by atoms with Gasteiger partial charge in [0.2, 0.25) is 0 Å². The highest BCUT2D eigenvalue weighted by Crippen LogP contribution is 2.37. The van der Waals surface area contributed by atoms with E-state index in [1.165, 1.54) is 6.33 Å². The van der Waals surface area contributed by atoms with Crippen LogP contribution < -0.4 is 0 Å². The van der Waals surface area contributed by atoms with Crippen LogP contribution >= 0.6 is 11.6 Å². The molecule has 2 aromatic rings. The minimum Gasteiger partial charge on any atom is -0.386 e. The molecule has 0 aliphatic carbocycles. The number of carbonyl (C=O) groups excluding carboxylic acids is 1. The second-order valence-electron chi connectivity index (χ2n) is 6.00. The number of nitrogens with zero attached hydrogens (tertiary/aromatic N) is 3. The minimum atomic E-state index is -1.39. The van der Waals surface area contributed by atoms with E-state index in [1.54, 1.807) is 48.9 Å². The van der Waals surface area contributed by atoms with Crippen molar-refractivity contribution in [1.29, 1.82) is 0 Å². The Morgan fingerprint density at radius 1 is 1.35 bits per heavy atom. The van der Waals surface area contributed by atoms with E-state index in [1.807, 2.05) is 0 Å². The van der Waals surface area contributed by atoms with Gasteiger partial charge in [-0.15, -0.1) is 0 Å². The number of aldehydes is 1. The molecule has 0 amide bonds. The van der Waals surface area contributed by atoms with Gasteiger partial charge in [0.15, 0.2) is 17.5 Å². The van der Waals surface area contributed by atoms with E-state index in [9.17, 15) is 9.90 Å². The monoisotopic (exact) mass is 333 g/mol. The summed E-state index contributed by atoms with van der Waals surface area (Å²) in [5.41, 5.74) is -0.885. The third kappa shape index (κ3) is 2.64. The fraction of sp³-hybridized carbons (Fsp3) is 0.312. The number of rotatable bonds is 4. The summed E-state index contributed by atoms with van der Waals surface area (Å²) in [7, 11) is 0. The molecule has 0 radical (unpaired) electrons. The van der Waals surface area contributed by atoms with E-state index in [4.69, 9.17) is 16.4 Å². The molecule has 0 fully saturated rings. The summed E-state index contributed by atoms with van der Waals surface area (Å²) in [6.07, 6.45) is 3.72. The highest BCUT2D eigenvalue weighted by atomic mass is 35.5. The molecule has 1 aromatic heterocycles. The van der Waals surface area contributed by atoms with Crippen LogP contribution in [0.3, 0.4) is 0 Å². The van der Waals surface area contributed by atoms with Crippen molar-refractivity contribution in [2.75, 3.05) is 0 Å². The lowest BCUT2D eigenvalue weighted by Crippen LogP contribution is -2.55. The van der Waals surface area contributed by atoms with E-state index in [-0.39, 0.29) is 6.54 Å². The van der Waals surface area contributed by atoms with Crippen LogP contribution in [0.25, 0.3) is 0 Å².